The lowest BCUT2D eigenvalue weighted by atomic mass is 9.88. The molecule has 4 heteroatoms. The number of aromatic nitrogens is 1. The predicted molar refractivity (Wildman–Crippen MR) is 103 cm³/mol. The monoisotopic (exact) mass is 343 g/mol. The van der Waals surface area contributed by atoms with Crippen molar-refractivity contribution >= 4 is 21.6 Å². The van der Waals surface area contributed by atoms with Gasteiger partial charge in [-0.15, -0.1) is 11.3 Å². The summed E-state index contributed by atoms with van der Waals surface area (Å²) < 4.78 is 1.35. The molecule has 0 radical (unpaired) electrons. The maximum Gasteiger partial charge on any atom is 0.0973 e. The van der Waals surface area contributed by atoms with E-state index in [1.165, 1.54) is 53.1 Å². The molecule has 2 fully saturated rings. The Bertz CT molecular complexity index is 702. The van der Waals surface area contributed by atoms with Crippen molar-refractivity contribution in [3.63, 3.8) is 0 Å². The van der Waals surface area contributed by atoms with Crippen molar-refractivity contribution < 1.29 is 0 Å². The van der Waals surface area contributed by atoms with Gasteiger partial charge in [-0.05, 0) is 68.9 Å². The maximum absolute atomic E-state index is 5.05. The minimum absolute atomic E-state index is 0.512. The van der Waals surface area contributed by atoms with E-state index < -0.39 is 0 Å². The van der Waals surface area contributed by atoms with Gasteiger partial charge in [-0.2, -0.15) is 0 Å². The van der Waals surface area contributed by atoms with Gasteiger partial charge in [-0.25, -0.2) is 4.98 Å². The first kappa shape index (κ1) is 16.5. The molecule has 4 atom stereocenters. The summed E-state index contributed by atoms with van der Waals surface area (Å²) in [5.74, 6) is 2.14. The van der Waals surface area contributed by atoms with Crippen molar-refractivity contribution in [2.45, 2.75) is 45.1 Å². The Morgan fingerprint density at radius 1 is 1.21 bits per heavy atom. The van der Waals surface area contributed by atoms with Crippen LogP contribution >= 0.6 is 11.3 Å². The second-order valence-electron chi connectivity index (χ2n) is 8.06. The number of hydrogen-bond acceptors (Lipinski definition) is 4. The standard InChI is InChI=1S/C20H29N3S/c1-13-4-6-17(21-11-13)15-5-7-19-18(10-15)22-20(24-19)16-8-9-23(3)12-14(16)2/h5,7,10,13-14,16-17,21H,4,6,8-9,11-12H2,1-3H3. The van der Waals surface area contributed by atoms with Crippen LogP contribution < -0.4 is 5.32 Å². The lowest BCUT2D eigenvalue weighted by molar-refractivity contribution is 0.195. The van der Waals surface area contributed by atoms with Crippen LogP contribution in [-0.2, 0) is 0 Å². The third kappa shape index (κ3) is 3.24. The fourth-order valence-corrected chi connectivity index (χ4v) is 5.56. The summed E-state index contributed by atoms with van der Waals surface area (Å²) in [7, 11) is 2.23. The summed E-state index contributed by atoms with van der Waals surface area (Å²) >= 11 is 1.91. The third-order valence-electron chi connectivity index (χ3n) is 5.92. The molecule has 0 bridgehead atoms. The van der Waals surface area contributed by atoms with E-state index in [0.717, 1.165) is 12.5 Å². The molecule has 1 aromatic carbocycles. The Hall–Kier alpha value is -0.970. The Morgan fingerprint density at radius 2 is 2.08 bits per heavy atom. The summed E-state index contributed by atoms with van der Waals surface area (Å²) in [5.41, 5.74) is 2.63. The summed E-state index contributed by atoms with van der Waals surface area (Å²) in [5, 5.41) is 5.06. The number of nitrogens with zero attached hydrogens (tertiary/aromatic N) is 2. The molecule has 4 rings (SSSR count). The van der Waals surface area contributed by atoms with Crippen LogP contribution in [0.3, 0.4) is 0 Å². The molecule has 2 aliphatic rings. The first-order chi connectivity index (χ1) is 11.6. The molecule has 4 unspecified atom stereocenters. The van der Waals surface area contributed by atoms with Crippen LogP contribution in [0.2, 0.25) is 0 Å². The molecular weight excluding hydrogens is 314 g/mol. The first-order valence-electron chi connectivity index (χ1n) is 9.42. The molecule has 2 aliphatic heterocycles. The number of piperidine rings is 2. The van der Waals surface area contributed by atoms with E-state index in [-0.39, 0.29) is 0 Å². The molecule has 1 N–H and O–H groups in total. The molecule has 0 spiro atoms. The number of rotatable bonds is 2. The lowest BCUT2D eigenvalue weighted by Crippen LogP contribution is -2.35. The molecule has 0 amide bonds. The van der Waals surface area contributed by atoms with Crippen LogP contribution in [0.5, 0.6) is 0 Å². The van der Waals surface area contributed by atoms with Crippen molar-refractivity contribution in [1.82, 2.24) is 15.2 Å². The van der Waals surface area contributed by atoms with Crippen molar-refractivity contribution in [3.05, 3.63) is 28.8 Å². The molecule has 2 saturated heterocycles. The van der Waals surface area contributed by atoms with Crippen molar-refractivity contribution in [3.8, 4) is 0 Å². The van der Waals surface area contributed by atoms with Gasteiger partial charge in [0.25, 0.3) is 0 Å². The number of nitrogens with one attached hydrogen (secondary N) is 1. The summed E-state index contributed by atoms with van der Waals surface area (Å²) in [6.45, 7) is 8.24. The van der Waals surface area contributed by atoms with Crippen LogP contribution in [-0.4, -0.2) is 36.6 Å². The number of fused-ring (bicyclic) bond motifs is 1. The molecule has 24 heavy (non-hydrogen) atoms. The van der Waals surface area contributed by atoms with Gasteiger partial charge >= 0.3 is 0 Å². The van der Waals surface area contributed by atoms with Gasteiger partial charge < -0.3 is 10.2 Å². The van der Waals surface area contributed by atoms with Crippen LogP contribution in [0.1, 0.15) is 55.6 Å². The zero-order valence-electron chi connectivity index (χ0n) is 15.1. The van der Waals surface area contributed by atoms with Gasteiger partial charge in [0.2, 0.25) is 0 Å². The van der Waals surface area contributed by atoms with Gasteiger partial charge in [0.05, 0.1) is 15.2 Å². The normalized spacial score (nSPS) is 32.3. The van der Waals surface area contributed by atoms with Crippen LogP contribution in [0.25, 0.3) is 10.2 Å². The summed E-state index contributed by atoms with van der Waals surface area (Å²) in [6.07, 6.45) is 3.81. The van der Waals surface area contributed by atoms with E-state index in [4.69, 9.17) is 4.98 Å². The fourth-order valence-electron chi connectivity index (χ4n) is 4.34. The second-order valence-corrected chi connectivity index (χ2v) is 9.12. The SMILES string of the molecule is CC1CCC(c2ccc3sc(C4CCN(C)CC4C)nc3c2)NC1. The molecule has 1 aromatic heterocycles. The smallest absolute Gasteiger partial charge is 0.0973 e. The zero-order chi connectivity index (χ0) is 16.7. The highest BCUT2D eigenvalue weighted by atomic mass is 32.1. The molecule has 0 saturated carbocycles. The average molecular weight is 344 g/mol. The Morgan fingerprint density at radius 3 is 2.83 bits per heavy atom. The zero-order valence-corrected chi connectivity index (χ0v) is 15.9. The minimum Gasteiger partial charge on any atom is -0.310 e. The van der Waals surface area contributed by atoms with E-state index in [0.29, 0.717) is 17.9 Å². The molecule has 0 aliphatic carbocycles. The van der Waals surface area contributed by atoms with Gasteiger partial charge in [-0.3, -0.25) is 0 Å². The van der Waals surface area contributed by atoms with Crippen LogP contribution in [0, 0.1) is 11.8 Å². The molecule has 3 heterocycles. The molecule has 3 nitrogen and oxygen atoms in total. The van der Waals surface area contributed by atoms with Crippen molar-refractivity contribution in [2.75, 3.05) is 26.7 Å². The minimum atomic E-state index is 0.512. The largest absolute Gasteiger partial charge is 0.310 e. The molecular formula is C20H29N3S. The van der Waals surface area contributed by atoms with Gasteiger partial charge in [0.15, 0.2) is 0 Å². The Labute approximate surface area is 149 Å². The maximum atomic E-state index is 5.05. The van der Waals surface area contributed by atoms with E-state index >= 15 is 0 Å². The third-order valence-corrected chi connectivity index (χ3v) is 7.09. The topological polar surface area (TPSA) is 28.2 Å². The highest BCUT2D eigenvalue weighted by Crippen LogP contribution is 2.37. The molecule has 2 aromatic rings. The van der Waals surface area contributed by atoms with E-state index in [1.807, 2.05) is 11.3 Å². The van der Waals surface area contributed by atoms with Gasteiger partial charge in [0.1, 0.15) is 0 Å². The van der Waals surface area contributed by atoms with Crippen LogP contribution in [0.15, 0.2) is 18.2 Å². The Kier molecular flexibility index (Phi) is 4.63. The summed E-state index contributed by atoms with van der Waals surface area (Å²) in [6, 6.07) is 7.46. The number of hydrogen-bond donors (Lipinski definition) is 1. The van der Waals surface area contributed by atoms with Gasteiger partial charge in [0, 0.05) is 18.5 Å². The number of likely N-dealkylation sites (tertiary alicyclic amines) is 1. The van der Waals surface area contributed by atoms with Crippen molar-refractivity contribution in [1.29, 1.82) is 0 Å². The van der Waals surface area contributed by atoms with E-state index in [1.54, 1.807) is 0 Å². The summed E-state index contributed by atoms with van der Waals surface area (Å²) in [4.78, 5) is 7.50. The second kappa shape index (κ2) is 6.74. The number of benzene rings is 1. The van der Waals surface area contributed by atoms with Crippen molar-refractivity contribution in [2.24, 2.45) is 11.8 Å². The lowest BCUT2D eigenvalue weighted by Gasteiger charge is -2.33. The Balaban J connectivity index is 1.57. The quantitative estimate of drug-likeness (QED) is 0.875. The fraction of sp³-hybridized carbons (Fsp3) is 0.650. The molecule has 130 valence electrons. The first-order valence-corrected chi connectivity index (χ1v) is 10.2. The average Bonchev–Trinajstić information content (AvgIpc) is 2.98. The highest BCUT2D eigenvalue weighted by Gasteiger charge is 2.28. The predicted octanol–water partition coefficient (Wildman–Crippen LogP) is 4.41. The number of thiazole rings is 1. The van der Waals surface area contributed by atoms with E-state index in [9.17, 15) is 0 Å². The van der Waals surface area contributed by atoms with Gasteiger partial charge in [-0.1, -0.05) is 19.9 Å². The highest BCUT2D eigenvalue weighted by molar-refractivity contribution is 7.18. The van der Waals surface area contributed by atoms with Crippen LogP contribution in [0.4, 0.5) is 0 Å². The van der Waals surface area contributed by atoms with E-state index in [2.05, 4.69) is 49.3 Å².